The fourth-order valence-corrected chi connectivity index (χ4v) is 2.40. The van der Waals surface area contributed by atoms with Gasteiger partial charge >= 0.3 is 6.03 Å². The van der Waals surface area contributed by atoms with Crippen molar-refractivity contribution in [2.75, 3.05) is 26.3 Å². The van der Waals surface area contributed by atoms with E-state index in [9.17, 15) is 14.4 Å². The molecule has 0 aromatic rings. The molecule has 1 atom stereocenters. The second-order valence-electron chi connectivity index (χ2n) is 4.92. The number of carbonyl (C=O) groups is 3. The molecule has 4 amide bonds. The van der Waals surface area contributed by atoms with Crippen molar-refractivity contribution in [3.05, 3.63) is 0 Å². The molecule has 19 heavy (non-hydrogen) atoms. The lowest BCUT2D eigenvalue weighted by atomic mass is 10.00. The lowest BCUT2D eigenvalue weighted by Crippen LogP contribution is -2.49. The first-order chi connectivity index (χ1) is 9.07. The Balaban J connectivity index is 1.83. The zero-order valence-corrected chi connectivity index (χ0v) is 11.0. The Morgan fingerprint density at radius 3 is 2.84 bits per heavy atom. The van der Waals surface area contributed by atoms with Crippen molar-refractivity contribution in [3.63, 3.8) is 0 Å². The highest BCUT2D eigenvalue weighted by Gasteiger charge is 2.51. The highest BCUT2D eigenvalue weighted by atomic mass is 16.5. The fraction of sp³-hybridized carbons (Fsp3) is 0.750. The van der Waals surface area contributed by atoms with E-state index >= 15 is 0 Å². The third kappa shape index (κ3) is 2.86. The summed E-state index contributed by atoms with van der Waals surface area (Å²) in [4.78, 5) is 36.4. The van der Waals surface area contributed by atoms with Crippen molar-refractivity contribution in [3.8, 4) is 0 Å². The van der Waals surface area contributed by atoms with Gasteiger partial charge in [-0.05, 0) is 12.8 Å². The van der Waals surface area contributed by atoms with Crippen molar-refractivity contribution >= 4 is 17.8 Å². The first-order valence-electron chi connectivity index (χ1n) is 6.56. The summed E-state index contributed by atoms with van der Waals surface area (Å²) in [7, 11) is 0. The van der Waals surface area contributed by atoms with Crippen LogP contribution in [0.4, 0.5) is 4.79 Å². The van der Waals surface area contributed by atoms with Crippen LogP contribution in [0.3, 0.4) is 0 Å². The molecule has 0 saturated carbocycles. The maximum absolute atomic E-state index is 11.9. The quantitative estimate of drug-likeness (QED) is 0.526. The van der Waals surface area contributed by atoms with Gasteiger partial charge in [-0.15, -0.1) is 0 Å². The predicted octanol–water partition coefficient (Wildman–Crippen LogP) is -0.386. The number of imide groups is 1. The number of nitrogens with one attached hydrogen (secondary N) is 2. The lowest BCUT2D eigenvalue weighted by molar-refractivity contribution is -0.131. The van der Waals surface area contributed by atoms with Gasteiger partial charge in [0.2, 0.25) is 5.91 Å². The molecule has 2 N–H and O–H groups in total. The smallest absolute Gasteiger partial charge is 0.322 e. The number of rotatable bonds is 5. The number of carbonyl (C=O) groups excluding carboxylic acids is 3. The molecule has 2 aliphatic heterocycles. The molecule has 0 aromatic carbocycles. The van der Waals surface area contributed by atoms with Gasteiger partial charge in [0.05, 0.1) is 19.6 Å². The van der Waals surface area contributed by atoms with Gasteiger partial charge in [-0.25, -0.2) is 4.79 Å². The van der Waals surface area contributed by atoms with Gasteiger partial charge in [-0.3, -0.25) is 14.9 Å². The topological polar surface area (TPSA) is 87.7 Å². The number of amides is 4. The molecule has 0 aromatic heterocycles. The standard InChI is InChI=1S/C12H19N3O4/c1-2-6-19-7-3-9(16)15-5-4-12(8-15)10(17)13-11(18)14-12/h2-8H2,1H3,(H2,13,14,17,18). The van der Waals surface area contributed by atoms with E-state index in [1.807, 2.05) is 6.92 Å². The van der Waals surface area contributed by atoms with Gasteiger partial charge in [0.1, 0.15) is 5.54 Å². The van der Waals surface area contributed by atoms with Gasteiger partial charge in [0.15, 0.2) is 0 Å². The molecular formula is C12H19N3O4. The normalized spacial score (nSPS) is 25.8. The van der Waals surface area contributed by atoms with Crippen LogP contribution in [0.1, 0.15) is 26.2 Å². The van der Waals surface area contributed by atoms with Gasteiger partial charge in [0, 0.05) is 13.2 Å². The number of ether oxygens (including phenoxy) is 1. The third-order valence-electron chi connectivity index (χ3n) is 3.45. The molecule has 2 saturated heterocycles. The van der Waals surface area contributed by atoms with Gasteiger partial charge in [0.25, 0.3) is 5.91 Å². The molecule has 2 aliphatic rings. The largest absolute Gasteiger partial charge is 0.381 e. The molecule has 0 bridgehead atoms. The molecule has 2 rings (SSSR count). The van der Waals surface area contributed by atoms with E-state index in [2.05, 4.69) is 10.6 Å². The van der Waals surface area contributed by atoms with Crippen LogP contribution in [0.2, 0.25) is 0 Å². The first-order valence-corrected chi connectivity index (χ1v) is 6.56. The number of nitrogens with zero attached hydrogens (tertiary/aromatic N) is 1. The zero-order chi connectivity index (χ0) is 13.9. The van der Waals surface area contributed by atoms with E-state index in [0.29, 0.717) is 32.6 Å². The maximum atomic E-state index is 11.9. The van der Waals surface area contributed by atoms with E-state index in [4.69, 9.17) is 4.74 Å². The predicted molar refractivity (Wildman–Crippen MR) is 66.3 cm³/mol. The van der Waals surface area contributed by atoms with Crippen LogP contribution in [-0.4, -0.2) is 54.6 Å². The van der Waals surface area contributed by atoms with Crippen molar-refractivity contribution in [1.82, 2.24) is 15.5 Å². The van der Waals surface area contributed by atoms with Crippen molar-refractivity contribution in [2.45, 2.75) is 31.7 Å². The number of likely N-dealkylation sites (tertiary alicyclic amines) is 1. The number of hydrogen-bond donors (Lipinski definition) is 2. The van der Waals surface area contributed by atoms with Crippen LogP contribution < -0.4 is 10.6 Å². The summed E-state index contributed by atoms with van der Waals surface area (Å²) < 4.78 is 5.27. The molecule has 1 unspecified atom stereocenters. The monoisotopic (exact) mass is 269 g/mol. The van der Waals surface area contributed by atoms with Crippen LogP contribution in [0.25, 0.3) is 0 Å². The summed E-state index contributed by atoms with van der Waals surface area (Å²) >= 11 is 0. The van der Waals surface area contributed by atoms with Crippen LogP contribution in [-0.2, 0) is 14.3 Å². The van der Waals surface area contributed by atoms with Gasteiger partial charge in [-0.2, -0.15) is 0 Å². The Morgan fingerprint density at radius 1 is 1.42 bits per heavy atom. The van der Waals surface area contributed by atoms with Crippen LogP contribution in [0.15, 0.2) is 0 Å². The Morgan fingerprint density at radius 2 is 2.21 bits per heavy atom. The molecule has 2 heterocycles. The van der Waals surface area contributed by atoms with Gasteiger partial charge < -0.3 is 15.0 Å². The third-order valence-corrected chi connectivity index (χ3v) is 3.45. The van der Waals surface area contributed by atoms with Crippen molar-refractivity contribution in [2.24, 2.45) is 0 Å². The van der Waals surface area contributed by atoms with E-state index in [-0.39, 0.29) is 18.4 Å². The summed E-state index contributed by atoms with van der Waals surface area (Å²) in [5.41, 5.74) is -0.920. The van der Waals surface area contributed by atoms with E-state index in [1.54, 1.807) is 4.90 Å². The summed E-state index contributed by atoms with van der Waals surface area (Å²) in [5.74, 6) is -0.378. The Bertz CT molecular complexity index is 398. The molecule has 0 aliphatic carbocycles. The summed E-state index contributed by atoms with van der Waals surface area (Å²) in [6.07, 6.45) is 1.70. The minimum Gasteiger partial charge on any atom is -0.381 e. The summed E-state index contributed by atoms with van der Waals surface area (Å²) in [6.45, 7) is 3.79. The molecule has 106 valence electrons. The lowest BCUT2D eigenvalue weighted by Gasteiger charge is -2.21. The highest BCUT2D eigenvalue weighted by Crippen LogP contribution is 2.24. The zero-order valence-electron chi connectivity index (χ0n) is 11.0. The minimum atomic E-state index is -0.920. The van der Waals surface area contributed by atoms with E-state index in [0.717, 1.165) is 6.42 Å². The first kappa shape index (κ1) is 13.8. The molecule has 7 heteroatoms. The molecule has 7 nitrogen and oxygen atoms in total. The molecular weight excluding hydrogens is 250 g/mol. The minimum absolute atomic E-state index is 0.0399. The van der Waals surface area contributed by atoms with Crippen LogP contribution in [0.5, 0.6) is 0 Å². The van der Waals surface area contributed by atoms with E-state index in [1.165, 1.54) is 0 Å². The summed E-state index contributed by atoms with van der Waals surface area (Å²) in [6, 6.07) is -0.481. The SMILES string of the molecule is CCCOCCC(=O)N1CCC2(C1)NC(=O)NC2=O. The molecule has 2 fully saturated rings. The highest BCUT2D eigenvalue weighted by molar-refractivity contribution is 6.07. The van der Waals surface area contributed by atoms with Crippen molar-refractivity contribution < 1.29 is 19.1 Å². The average Bonchev–Trinajstić information content (AvgIpc) is 2.90. The van der Waals surface area contributed by atoms with Crippen LogP contribution in [0, 0.1) is 0 Å². The molecule has 0 radical (unpaired) electrons. The van der Waals surface area contributed by atoms with Crippen LogP contribution >= 0.6 is 0 Å². The summed E-state index contributed by atoms with van der Waals surface area (Å²) in [5, 5.41) is 4.83. The Kier molecular flexibility index (Phi) is 4.04. The van der Waals surface area contributed by atoms with E-state index < -0.39 is 11.6 Å². The maximum Gasteiger partial charge on any atom is 0.322 e. The number of hydrogen-bond acceptors (Lipinski definition) is 4. The second kappa shape index (κ2) is 5.56. The van der Waals surface area contributed by atoms with Gasteiger partial charge in [-0.1, -0.05) is 6.92 Å². The Hall–Kier alpha value is -1.63. The molecule has 1 spiro atoms. The average molecular weight is 269 g/mol. The van der Waals surface area contributed by atoms with Crippen molar-refractivity contribution in [1.29, 1.82) is 0 Å². The Labute approximate surface area is 111 Å². The fourth-order valence-electron chi connectivity index (χ4n) is 2.40. The number of urea groups is 1. The second-order valence-corrected chi connectivity index (χ2v) is 4.92.